The van der Waals surface area contributed by atoms with Gasteiger partial charge in [0.1, 0.15) is 5.75 Å². The third kappa shape index (κ3) is 14.5. The Balaban J connectivity index is 3.10. The van der Waals surface area contributed by atoms with Crippen LogP contribution in [0, 0.1) is 0 Å². The number of alkyl halides is 15. The van der Waals surface area contributed by atoms with E-state index < -0.39 is 92.6 Å². The van der Waals surface area contributed by atoms with E-state index in [2.05, 4.69) is 42.7 Å². The van der Waals surface area contributed by atoms with E-state index >= 15 is 0 Å². The first-order valence-electron chi connectivity index (χ1n) is 11.5. The molecule has 0 bridgehead atoms. The molecule has 9 nitrogen and oxygen atoms in total. The van der Waals surface area contributed by atoms with Gasteiger partial charge >= 0.3 is 53.9 Å². The van der Waals surface area contributed by atoms with Crippen LogP contribution < -0.4 is 4.52 Å². The second kappa shape index (κ2) is 14.8. The maximum atomic E-state index is 13.3. The lowest BCUT2D eigenvalue weighted by atomic mass is 10.1. The molecule has 0 N–H and O–H groups in total. The molecule has 0 radical (unpaired) electrons. The average molecular weight is 763 g/mol. The molecular formula is C19H19F15N3O6P3. The van der Waals surface area contributed by atoms with Crippen molar-refractivity contribution in [3.63, 3.8) is 0 Å². The standard InChI is InChI=1S/C19H19F15N3O6P3/c1-2-5-13-6-3-4-7-14(13)43-46(42-12-19(32,33)34)36-44(38-8-15(20,21)22,39-9-16(23,24)25)35-45(37-46,40-10-17(26,27)28)41-11-18(29,30)31/h2-4,6-7H,1,5,8-12H2. The summed E-state index contributed by atoms with van der Waals surface area (Å²) in [5, 5.41) is 0. The van der Waals surface area contributed by atoms with Gasteiger partial charge < -0.3 is 4.52 Å². The van der Waals surface area contributed by atoms with Gasteiger partial charge in [0.15, 0.2) is 33.0 Å². The molecule has 1 aliphatic rings. The Kier molecular flexibility index (Phi) is 13.0. The van der Waals surface area contributed by atoms with E-state index in [0.717, 1.165) is 12.1 Å². The fourth-order valence-corrected chi connectivity index (χ4v) is 12.1. The second-order valence-corrected chi connectivity index (χ2v) is 14.9. The first-order valence-corrected chi connectivity index (χ1v) is 16.1. The van der Waals surface area contributed by atoms with E-state index in [4.69, 9.17) is 4.52 Å². The number of allylic oxidation sites excluding steroid dienone is 1. The zero-order valence-electron chi connectivity index (χ0n) is 22.1. The number of hydrogen-bond acceptors (Lipinski definition) is 9. The highest BCUT2D eigenvalue weighted by molar-refractivity contribution is 7.78. The summed E-state index contributed by atoms with van der Waals surface area (Å²) >= 11 is 0. The summed E-state index contributed by atoms with van der Waals surface area (Å²) in [5.41, 5.74) is -0.0619. The van der Waals surface area contributed by atoms with E-state index in [1.54, 1.807) is 0 Å². The fourth-order valence-electron chi connectivity index (χ4n) is 2.71. The third-order valence-corrected chi connectivity index (χ3v) is 12.4. The topological polar surface area (TPSA) is 92.5 Å². The van der Waals surface area contributed by atoms with Gasteiger partial charge in [-0.25, -0.2) is 0 Å². The summed E-state index contributed by atoms with van der Waals surface area (Å²) in [6.45, 7) is -9.98. The van der Waals surface area contributed by atoms with Crippen molar-refractivity contribution in [2.75, 3.05) is 33.0 Å². The van der Waals surface area contributed by atoms with Gasteiger partial charge in [-0.3, -0.25) is 22.6 Å². The lowest BCUT2D eigenvalue weighted by molar-refractivity contribution is -0.163. The Morgan fingerprint density at radius 3 is 1.17 bits per heavy atom. The van der Waals surface area contributed by atoms with Crippen molar-refractivity contribution < 1.29 is 93.0 Å². The SMILES string of the molecule is C=CCc1ccccc1OP1(OCC(F)(F)F)=NP(OCC(F)(F)F)(OCC(F)(F)F)=NP(OCC(F)(F)F)(OCC(F)(F)F)=N1. The zero-order chi connectivity index (χ0) is 35.3. The molecule has 46 heavy (non-hydrogen) atoms. The molecule has 0 spiro atoms. The van der Waals surface area contributed by atoms with Crippen molar-refractivity contribution in [2.24, 2.45) is 13.5 Å². The molecule has 1 heterocycles. The molecule has 2 rings (SSSR count). The van der Waals surface area contributed by atoms with E-state index in [1.807, 2.05) is 0 Å². The van der Waals surface area contributed by atoms with Gasteiger partial charge in [0.05, 0.1) is 0 Å². The van der Waals surface area contributed by atoms with Crippen molar-refractivity contribution in [3.8, 4) is 5.75 Å². The Bertz CT molecular complexity index is 1290. The van der Waals surface area contributed by atoms with Gasteiger partial charge in [-0.1, -0.05) is 24.3 Å². The third-order valence-electron chi connectivity index (χ3n) is 4.21. The van der Waals surface area contributed by atoms with Gasteiger partial charge in [-0.05, 0) is 18.1 Å². The second-order valence-electron chi connectivity index (χ2n) is 8.37. The maximum absolute atomic E-state index is 13.3. The number of rotatable bonds is 14. The molecule has 0 aliphatic carbocycles. The van der Waals surface area contributed by atoms with Gasteiger partial charge in [0.25, 0.3) is 0 Å². The molecule has 0 amide bonds. The van der Waals surface area contributed by atoms with Crippen LogP contribution in [0.4, 0.5) is 65.9 Å². The van der Waals surface area contributed by atoms with Crippen molar-refractivity contribution in [3.05, 3.63) is 42.5 Å². The highest BCUT2D eigenvalue weighted by atomic mass is 31.3. The maximum Gasteiger partial charge on any atom is 0.412 e. The number of halogens is 15. The van der Waals surface area contributed by atoms with Crippen LogP contribution in [0.15, 0.2) is 50.5 Å². The van der Waals surface area contributed by atoms with Gasteiger partial charge in [-0.15, -0.1) is 20.1 Å². The minimum absolute atomic E-state index is 0.0619. The molecule has 1 aliphatic heterocycles. The van der Waals surface area contributed by atoms with Crippen LogP contribution in [0.5, 0.6) is 5.75 Å². The van der Waals surface area contributed by atoms with Crippen molar-refractivity contribution in [1.29, 1.82) is 0 Å². The minimum atomic E-state index is -6.05. The Labute approximate surface area is 248 Å². The van der Waals surface area contributed by atoms with E-state index in [0.29, 0.717) is 0 Å². The highest BCUT2D eigenvalue weighted by Crippen LogP contribution is 2.80. The minimum Gasteiger partial charge on any atom is -0.422 e. The molecule has 1 aromatic carbocycles. The Hall–Kier alpha value is -1.80. The molecule has 1 unspecified atom stereocenters. The highest BCUT2D eigenvalue weighted by Gasteiger charge is 2.50. The molecule has 0 fully saturated rings. The Morgan fingerprint density at radius 1 is 0.522 bits per heavy atom. The van der Waals surface area contributed by atoms with Gasteiger partial charge in [0.2, 0.25) is 0 Å². The molecule has 0 aromatic heterocycles. The number of hydrogen-bond donors (Lipinski definition) is 0. The number of nitrogens with zero attached hydrogens (tertiary/aromatic N) is 3. The number of benzene rings is 1. The quantitative estimate of drug-likeness (QED) is 0.106. The zero-order valence-corrected chi connectivity index (χ0v) is 24.8. The summed E-state index contributed by atoms with van der Waals surface area (Å²) in [4.78, 5) is 0. The van der Waals surface area contributed by atoms with Crippen LogP contribution in [0.2, 0.25) is 0 Å². The molecule has 1 aromatic rings. The summed E-state index contributed by atoms with van der Waals surface area (Å²) < 4.78 is 235. The van der Waals surface area contributed by atoms with Crippen LogP contribution in [-0.4, -0.2) is 63.9 Å². The first kappa shape index (κ1) is 40.4. The molecule has 27 heteroatoms. The van der Waals surface area contributed by atoms with Gasteiger partial charge in [-0.2, -0.15) is 65.9 Å². The molecule has 0 saturated carbocycles. The predicted molar refractivity (Wildman–Crippen MR) is 129 cm³/mol. The first-order chi connectivity index (χ1) is 20.7. The number of para-hydroxylation sites is 1. The summed E-state index contributed by atoms with van der Waals surface area (Å²) in [7, 11) is -17.9. The fraction of sp³-hybridized carbons (Fsp3) is 0.579. The van der Waals surface area contributed by atoms with Crippen LogP contribution >= 0.6 is 23.0 Å². The summed E-state index contributed by atoms with van der Waals surface area (Å²) in [5.74, 6) is -0.651. The largest absolute Gasteiger partial charge is 0.422 e. The van der Waals surface area contributed by atoms with Crippen LogP contribution in [-0.2, 0) is 29.0 Å². The summed E-state index contributed by atoms with van der Waals surface area (Å²) in [6.07, 6.45) is -26.6. The van der Waals surface area contributed by atoms with E-state index in [-0.39, 0.29) is 12.0 Å². The van der Waals surface area contributed by atoms with Crippen molar-refractivity contribution in [2.45, 2.75) is 37.3 Å². The van der Waals surface area contributed by atoms with Crippen LogP contribution in [0.25, 0.3) is 0 Å². The lowest BCUT2D eigenvalue weighted by Crippen LogP contribution is -2.22. The van der Waals surface area contributed by atoms with Crippen LogP contribution in [0.3, 0.4) is 0 Å². The van der Waals surface area contributed by atoms with Crippen molar-refractivity contribution >= 4 is 23.0 Å². The normalized spacial score (nSPS) is 20.3. The Morgan fingerprint density at radius 2 is 0.826 bits per heavy atom. The average Bonchev–Trinajstić information content (AvgIpc) is 2.87. The smallest absolute Gasteiger partial charge is 0.412 e. The van der Waals surface area contributed by atoms with Crippen LogP contribution in [0.1, 0.15) is 5.56 Å². The summed E-state index contributed by atoms with van der Waals surface area (Å²) in [6, 6.07) is 4.51. The molecule has 1 atom stereocenters. The van der Waals surface area contributed by atoms with Gasteiger partial charge in [0, 0.05) is 0 Å². The molecule has 0 saturated heterocycles. The monoisotopic (exact) mass is 763 g/mol. The molecular weight excluding hydrogens is 744 g/mol. The lowest BCUT2D eigenvalue weighted by Gasteiger charge is -2.34. The van der Waals surface area contributed by atoms with E-state index in [1.165, 1.54) is 18.2 Å². The van der Waals surface area contributed by atoms with E-state index in [9.17, 15) is 65.9 Å². The predicted octanol–water partition coefficient (Wildman–Crippen LogP) is 10.5. The van der Waals surface area contributed by atoms with Crippen molar-refractivity contribution in [1.82, 2.24) is 0 Å². The molecule has 266 valence electrons.